The van der Waals surface area contributed by atoms with E-state index in [1.165, 1.54) is 11.8 Å². The van der Waals surface area contributed by atoms with Crippen molar-refractivity contribution in [3.8, 4) is 0 Å². The monoisotopic (exact) mass is 936 g/mol. The number of carbonyl (C=O) groups is 12. The van der Waals surface area contributed by atoms with Crippen LogP contribution in [0.25, 0.3) is 0 Å². The second-order valence-electron chi connectivity index (χ2n) is 14.3. The largest absolute Gasteiger partial charge is 0.481 e. The van der Waals surface area contributed by atoms with Crippen LogP contribution in [0.2, 0.25) is 0 Å². The molecule has 0 saturated carbocycles. The number of hydrogen-bond donors (Lipinski definition) is 14. The topological polar surface area (TPSA) is 439 Å². The number of nitrogens with two attached hydrogens (primary N) is 3. The number of nitrogens with zero attached hydrogens (tertiary/aromatic N) is 1. The van der Waals surface area contributed by atoms with Crippen molar-refractivity contribution in [2.45, 2.75) is 119 Å². The summed E-state index contributed by atoms with van der Waals surface area (Å²) in [6.07, 6.45) is -3.77. The standard InChI is InChI=1S/C35H56N10O16S2/c1-15(46)27(34(59)45-10-3-4-22(45)33(58)40-17(6-8-25(49)50)29(54)41-19(35(60)61)5-7-23(37)47)44-30(55)18(9-11-63-2)39-32(57)21(13-26(51)52)43-31(56)20(12-24(38)48)42-28(53)16(36)14-62/h15-22,27,46,62H,3-14,36H2,1-2H3,(H2,37,47)(H2,38,48)(H,39,57)(H,40,58)(H,41,54)(H,42,53)(H,43,56)(H,44,55)(H,49,50)(H,51,52)(H,60,61). The molecule has 0 aromatic heterocycles. The smallest absolute Gasteiger partial charge is 0.326 e. The number of likely N-dealkylation sites (tertiary alicyclic amines) is 1. The Hall–Kier alpha value is -5.74. The lowest BCUT2D eigenvalue weighted by Gasteiger charge is -2.32. The number of nitrogens with one attached hydrogen (secondary N) is 6. The molecule has 16 N–H and O–H groups in total. The van der Waals surface area contributed by atoms with Gasteiger partial charge in [-0.15, -0.1) is 0 Å². The average Bonchev–Trinajstić information content (AvgIpc) is 3.70. The van der Waals surface area contributed by atoms with E-state index < -0.39 is 164 Å². The van der Waals surface area contributed by atoms with Gasteiger partial charge in [-0.25, -0.2) is 4.79 Å². The third kappa shape index (κ3) is 19.5. The first kappa shape index (κ1) is 55.3. The van der Waals surface area contributed by atoms with Crippen LogP contribution in [0.3, 0.4) is 0 Å². The molecule has 0 radical (unpaired) electrons. The highest BCUT2D eigenvalue weighted by molar-refractivity contribution is 7.98. The lowest BCUT2D eigenvalue weighted by atomic mass is 10.1. The van der Waals surface area contributed by atoms with Crippen LogP contribution in [-0.4, -0.2) is 175 Å². The van der Waals surface area contributed by atoms with E-state index >= 15 is 0 Å². The number of aliphatic hydroxyl groups is 1. The van der Waals surface area contributed by atoms with Crippen molar-refractivity contribution in [1.82, 2.24) is 36.8 Å². The molecule has 63 heavy (non-hydrogen) atoms. The van der Waals surface area contributed by atoms with Gasteiger partial charge in [0.2, 0.25) is 53.2 Å². The molecule has 0 aromatic rings. The van der Waals surface area contributed by atoms with Crippen molar-refractivity contribution in [2.24, 2.45) is 17.2 Å². The van der Waals surface area contributed by atoms with Gasteiger partial charge in [-0.1, -0.05) is 0 Å². The summed E-state index contributed by atoms with van der Waals surface area (Å²) in [5.74, 6) is -13.9. The molecule has 28 heteroatoms. The molecule has 9 unspecified atom stereocenters. The number of rotatable bonds is 29. The Morgan fingerprint density at radius 3 is 1.70 bits per heavy atom. The number of aliphatic carboxylic acids is 3. The molecule has 26 nitrogen and oxygen atoms in total. The van der Waals surface area contributed by atoms with Gasteiger partial charge in [0.25, 0.3) is 0 Å². The Balaban J connectivity index is 3.33. The predicted octanol–water partition coefficient (Wildman–Crippen LogP) is -6.16. The maximum absolute atomic E-state index is 13.9. The van der Waals surface area contributed by atoms with Crippen LogP contribution in [-0.2, 0) is 57.5 Å². The van der Waals surface area contributed by atoms with Gasteiger partial charge in [0.05, 0.1) is 25.0 Å². The molecule has 0 bridgehead atoms. The maximum Gasteiger partial charge on any atom is 0.326 e. The minimum absolute atomic E-state index is 0.00323. The normalized spacial score (nSPS) is 17.2. The second kappa shape index (κ2) is 27.3. The van der Waals surface area contributed by atoms with Gasteiger partial charge in [0.15, 0.2) is 0 Å². The second-order valence-corrected chi connectivity index (χ2v) is 15.7. The molecule has 1 aliphatic heterocycles. The number of amides is 9. The maximum atomic E-state index is 13.9. The van der Waals surface area contributed by atoms with Crippen LogP contribution in [0.1, 0.15) is 64.7 Å². The van der Waals surface area contributed by atoms with Gasteiger partial charge in [0, 0.05) is 25.1 Å². The van der Waals surface area contributed by atoms with E-state index in [9.17, 15) is 78.0 Å². The van der Waals surface area contributed by atoms with Gasteiger partial charge in [0.1, 0.15) is 42.3 Å². The third-order valence-electron chi connectivity index (χ3n) is 9.29. The SMILES string of the molecule is CSCCC(NC(=O)C(CC(=O)O)NC(=O)C(CC(N)=O)NC(=O)C(N)CS)C(=O)NC(C(=O)N1CCCC1C(=O)NC(CCC(=O)O)C(=O)NC(CCC(N)=O)C(=O)O)C(C)O. The summed E-state index contributed by atoms with van der Waals surface area (Å²) < 4.78 is 0. The summed E-state index contributed by atoms with van der Waals surface area (Å²) in [4.78, 5) is 152. The minimum atomic E-state index is -1.91. The van der Waals surface area contributed by atoms with Crippen molar-refractivity contribution < 1.29 is 78.0 Å². The number of carboxylic acids is 3. The first-order valence-corrected chi connectivity index (χ1v) is 21.4. The Bertz CT molecular complexity index is 1720. The summed E-state index contributed by atoms with van der Waals surface area (Å²) in [5.41, 5.74) is 15.9. The van der Waals surface area contributed by atoms with E-state index in [1.807, 2.05) is 0 Å². The van der Waals surface area contributed by atoms with Crippen molar-refractivity contribution in [2.75, 3.05) is 24.3 Å². The summed E-state index contributed by atoms with van der Waals surface area (Å²) in [6, 6.07) is -12.8. The third-order valence-corrected chi connectivity index (χ3v) is 10.3. The molecular formula is C35H56N10O16S2. The zero-order chi connectivity index (χ0) is 48.1. The highest BCUT2D eigenvalue weighted by Crippen LogP contribution is 2.20. The number of thioether (sulfide) groups is 1. The Morgan fingerprint density at radius 1 is 0.683 bits per heavy atom. The summed E-state index contributed by atoms with van der Waals surface area (Å²) >= 11 is 5.11. The lowest BCUT2D eigenvalue weighted by molar-refractivity contribution is -0.145. The molecule has 1 saturated heterocycles. The van der Waals surface area contributed by atoms with Crippen LogP contribution in [0, 0.1) is 0 Å². The Morgan fingerprint density at radius 2 is 1.19 bits per heavy atom. The van der Waals surface area contributed by atoms with Crippen LogP contribution in [0.15, 0.2) is 0 Å². The highest BCUT2D eigenvalue weighted by atomic mass is 32.2. The van der Waals surface area contributed by atoms with Gasteiger partial charge >= 0.3 is 17.9 Å². The Kier molecular flexibility index (Phi) is 24.0. The van der Waals surface area contributed by atoms with Gasteiger partial charge in [-0.3, -0.25) is 52.7 Å². The number of aliphatic hydroxyl groups excluding tert-OH is 1. The molecular weight excluding hydrogens is 881 g/mol. The number of carboxylic acid groups (broad SMARTS) is 3. The Labute approximate surface area is 370 Å². The molecule has 0 spiro atoms. The van der Waals surface area contributed by atoms with Crippen molar-refractivity contribution in [1.29, 1.82) is 0 Å². The fraction of sp³-hybridized carbons (Fsp3) is 0.657. The molecule has 9 atom stereocenters. The number of hydrogen-bond acceptors (Lipinski definition) is 16. The molecule has 1 aliphatic rings. The van der Waals surface area contributed by atoms with Crippen molar-refractivity contribution in [3.05, 3.63) is 0 Å². The summed E-state index contributed by atoms with van der Waals surface area (Å²) in [6.45, 7) is 1.03. The quantitative estimate of drug-likeness (QED) is 0.0310. The van der Waals surface area contributed by atoms with E-state index in [0.717, 1.165) is 11.8 Å². The van der Waals surface area contributed by atoms with E-state index in [-0.39, 0.29) is 37.3 Å². The zero-order valence-corrected chi connectivity index (χ0v) is 36.1. The van der Waals surface area contributed by atoms with Crippen LogP contribution in [0.5, 0.6) is 0 Å². The van der Waals surface area contributed by atoms with Gasteiger partial charge in [-0.2, -0.15) is 24.4 Å². The predicted molar refractivity (Wildman–Crippen MR) is 222 cm³/mol. The molecule has 0 aliphatic carbocycles. The lowest BCUT2D eigenvalue weighted by Crippen LogP contribution is -2.62. The minimum Gasteiger partial charge on any atom is -0.481 e. The van der Waals surface area contributed by atoms with E-state index in [1.54, 1.807) is 6.26 Å². The zero-order valence-electron chi connectivity index (χ0n) is 34.4. The summed E-state index contributed by atoms with van der Waals surface area (Å²) in [7, 11) is 0. The van der Waals surface area contributed by atoms with Gasteiger partial charge in [-0.05, 0) is 51.0 Å². The van der Waals surface area contributed by atoms with Crippen molar-refractivity contribution in [3.63, 3.8) is 0 Å². The molecule has 9 amide bonds. The molecule has 354 valence electrons. The summed E-state index contributed by atoms with van der Waals surface area (Å²) in [5, 5.41) is 52.4. The number of primary amides is 2. The molecule has 0 aromatic carbocycles. The first-order valence-electron chi connectivity index (χ1n) is 19.3. The van der Waals surface area contributed by atoms with E-state index in [0.29, 0.717) is 0 Å². The fourth-order valence-electron chi connectivity index (χ4n) is 5.95. The highest BCUT2D eigenvalue weighted by Gasteiger charge is 2.41. The average molecular weight is 937 g/mol. The van der Waals surface area contributed by atoms with Crippen LogP contribution in [0.4, 0.5) is 0 Å². The van der Waals surface area contributed by atoms with Crippen molar-refractivity contribution >= 4 is 95.5 Å². The first-order chi connectivity index (χ1) is 29.4. The van der Waals surface area contributed by atoms with Crippen LogP contribution >= 0.6 is 24.4 Å². The molecule has 1 fully saturated rings. The van der Waals surface area contributed by atoms with E-state index in [2.05, 4.69) is 44.5 Å². The number of thiol groups is 1. The van der Waals surface area contributed by atoms with Gasteiger partial charge < -0.3 is 74.4 Å². The molecule has 1 heterocycles. The number of carbonyl (C=O) groups excluding carboxylic acids is 9. The van der Waals surface area contributed by atoms with Crippen LogP contribution < -0.4 is 49.1 Å². The molecule has 1 rings (SSSR count). The van der Waals surface area contributed by atoms with E-state index in [4.69, 9.17) is 17.2 Å². The fourth-order valence-corrected chi connectivity index (χ4v) is 6.59.